The number of nitrogens with two attached hydrogens (primary N) is 1. The van der Waals surface area contributed by atoms with Crippen molar-refractivity contribution in [1.29, 1.82) is 0 Å². The Morgan fingerprint density at radius 3 is 2.63 bits per heavy atom. The van der Waals surface area contributed by atoms with Crippen LogP contribution in [-0.4, -0.2) is 38.5 Å². The Balaban J connectivity index is 1.64. The third kappa shape index (κ3) is 4.28. The molecule has 0 unspecified atom stereocenters. The van der Waals surface area contributed by atoms with Crippen LogP contribution in [0.3, 0.4) is 0 Å². The van der Waals surface area contributed by atoms with Crippen molar-refractivity contribution in [2.75, 3.05) is 18.6 Å². The molecule has 0 spiro atoms. The number of amides is 1. The van der Waals surface area contributed by atoms with Crippen LogP contribution in [0.15, 0.2) is 53.7 Å². The highest BCUT2D eigenvalue weighted by Crippen LogP contribution is 2.24. The SMILES string of the molecule is Cc1ccccc1CN(C)C(=O)CSc1nnc(-c2ccccc2F)n1N. The number of hydrogen-bond acceptors (Lipinski definition) is 5. The molecule has 1 aromatic heterocycles. The summed E-state index contributed by atoms with van der Waals surface area (Å²) in [6.45, 7) is 2.55. The number of carbonyl (C=O) groups excluding carboxylic acids is 1. The van der Waals surface area contributed by atoms with Crippen LogP contribution in [0, 0.1) is 12.7 Å². The minimum atomic E-state index is -0.429. The molecule has 6 nitrogen and oxygen atoms in total. The largest absolute Gasteiger partial charge is 0.341 e. The molecule has 0 atom stereocenters. The highest BCUT2D eigenvalue weighted by molar-refractivity contribution is 7.99. The molecular formula is C19H20FN5OS. The molecule has 3 rings (SSSR count). The van der Waals surface area contributed by atoms with Crippen LogP contribution >= 0.6 is 11.8 Å². The van der Waals surface area contributed by atoms with Crippen molar-refractivity contribution in [2.45, 2.75) is 18.6 Å². The van der Waals surface area contributed by atoms with E-state index in [1.807, 2.05) is 31.2 Å². The molecule has 3 aromatic rings. The van der Waals surface area contributed by atoms with Gasteiger partial charge in [0.25, 0.3) is 0 Å². The molecule has 2 N–H and O–H groups in total. The van der Waals surface area contributed by atoms with Crippen LogP contribution in [0.4, 0.5) is 4.39 Å². The van der Waals surface area contributed by atoms with Crippen molar-refractivity contribution in [2.24, 2.45) is 0 Å². The molecule has 0 bridgehead atoms. The second kappa shape index (κ2) is 8.22. The van der Waals surface area contributed by atoms with Gasteiger partial charge in [-0.25, -0.2) is 9.07 Å². The summed E-state index contributed by atoms with van der Waals surface area (Å²) in [4.78, 5) is 14.1. The molecule has 140 valence electrons. The summed E-state index contributed by atoms with van der Waals surface area (Å²) in [6, 6.07) is 14.2. The number of carbonyl (C=O) groups is 1. The summed E-state index contributed by atoms with van der Waals surface area (Å²) >= 11 is 1.17. The molecule has 0 fully saturated rings. The molecule has 1 amide bonds. The van der Waals surface area contributed by atoms with Gasteiger partial charge in [0.2, 0.25) is 11.1 Å². The van der Waals surface area contributed by atoms with Crippen LogP contribution in [0.1, 0.15) is 11.1 Å². The van der Waals surface area contributed by atoms with Gasteiger partial charge in [0, 0.05) is 13.6 Å². The lowest BCUT2D eigenvalue weighted by Gasteiger charge is -2.18. The van der Waals surface area contributed by atoms with Gasteiger partial charge in [-0.05, 0) is 30.2 Å². The van der Waals surface area contributed by atoms with Crippen molar-refractivity contribution in [3.63, 3.8) is 0 Å². The average Bonchev–Trinajstić information content (AvgIpc) is 3.02. The highest BCUT2D eigenvalue weighted by atomic mass is 32.2. The Hall–Kier alpha value is -2.87. The fourth-order valence-electron chi connectivity index (χ4n) is 2.57. The topological polar surface area (TPSA) is 77.0 Å². The predicted molar refractivity (Wildman–Crippen MR) is 104 cm³/mol. The maximum absolute atomic E-state index is 13.9. The summed E-state index contributed by atoms with van der Waals surface area (Å²) in [7, 11) is 1.76. The van der Waals surface area contributed by atoms with E-state index >= 15 is 0 Å². The first-order valence-corrected chi connectivity index (χ1v) is 9.32. The second-order valence-corrected chi connectivity index (χ2v) is 7.06. The van der Waals surface area contributed by atoms with Gasteiger partial charge in [-0.15, -0.1) is 10.2 Å². The number of aromatic nitrogens is 3. The van der Waals surface area contributed by atoms with Gasteiger partial charge in [-0.2, -0.15) is 0 Å². The molecule has 0 aliphatic carbocycles. The molecule has 1 heterocycles. The van der Waals surface area contributed by atoms with Crippen molar-refractivity contribution in [1.82, 2.24) is 19.8 Å². The summed E-state index contributed by atoms with van der Waals surface area (Å²) in [5.41, 5.74) is 2.51. The number of hydrogen-bond donors (Lipinski definition) is 1. The number of thioether (sulfide) groups is 1. The summed E-state index contributed by atoms with van der Waals surface area (Å²) in [6.07, 6.45) is 0. The van der Waals surface area contributed by atoms with E-state index in [9.17, 15) is 9.18 Å². The smallest absolute Gasteiger partial charge is 0.233 e. The van der Waals surface area contributed by atoms with Crippen LogP contribution in [0.2, 0.25) is 0 Å². The van der Waals surface area contributed by atoms with Crippen molar-refractivity contribution < 1.29 is 9.18 Å². The Labute approximate surface area is 161 Å². The summed E-state index contributed by atoms with van der Waals surface area (Å²) in [5, 5.41) is 8.28. The van der Waals surface area contributed by atoms with E-state index in [4.69, 9.17) is 5.84 Å². The first kappa shape index (κ1) is 18.9. The standard InChI is InChI=1S/C19H20FN5OS/c1-13-7-3-4-8-14(13)11-24(2)17(26)12-27-19-23-22-18(25(19)21)15-9-5-6-10-16(15)20/h3-10H,11-12,21H2,1-2H3. The lowest BCUT2D eigenvalue weighted by Crippen LogP contribution is -2.28. The van der Waals surface area contributed by atoms with E-state index in [0.29, 0.717) is 11.7 Å². The minimum absolute atomic E-state index is 0.0568. The second-order valence-electron chi connectivity index (χ2n) is 6.12. The molecule has 0 aliphatic heterocycles. The van der Waals surface area contributed by atoms with E-state index in [2.05, 4.69) is 10.2 Å². The van der Waals surface area contributed by atoms with Crippen LogP contribution < -0.4 is 5.84 Å². The zero-order valence-corrected chi connectivity index (χ0v) is 15.9. The maximum atomic E-state index is 13.9. The minimum Gasteiger partial charge on any atom is -0.341 e. The number of benzene rings is 2. The van der Waals surface area contributed by atoms with Crippen LogP contribution in [0.25, 0.3) is 11.4 Å². The predicted octanol–water partition coefficient (Wildman–Crippen LogP) is 2.86. The Morgan fingerprint density at radius 1 is 1.19 bits per heavy atom. The lowest BCUT2D eigenvalue weighted by molar-refractivity contribution is -0.127. The molecule has 8 heteroatoms. The number of rotatable bonds is 6. The fourth-order valence-corrected chi connectivity index (χ4v) is 3.37. The summed E-state index contributed by atoms with van der Waals surface area (Å²) in [5.74, 6) is 5.88. The quantitative estimate of drug-likeness (QED) is 0.522. The highest BCUT2D eigenvalue weighted by Gasteiger charge is 2.17. The summed E-state index contributed by atoms with van der Waals surface area (Å²) < 4.78 is 15.1. The molecule has 27 heavy (non-hydrogen) atoms. The van der Waals surface area contributed by atoms with E-state index in [-0.39, 0.29) is 23.0 Å². The van der Waals surface area contributed by atoms with Crippen LogP contribution in [0.5, 0.6) is 0 Å². The van der Waals surface area contributed by atoms with E-state index in [1.165, 1.54) is 22.5 Å². The van der Waals surface area contributed by atoms with Crippen molar-refractivity contribution in [3.05, 3.63) is 65.5 Å². The zero-order valence-electron chi connectivity index (χ0n) is 15.1. The number of nitrogen functional groups attached to an aromatic ring is 1. The monoisotopic (exact) mass is 385 g/mol. The normalized spacial score (nSPS) is 10.8. The average molecular weight is 385 g/mol. The van der Waals surface area contributed by atoms with Gasteiger partial charge in [0.05, 0.1) is 11.3 Å². The first-order chi connectivity index (χ1) is 13.0. The van der Waals surface area contributed by atoms with Crippen molar-refractivity contribution in [3.8, 4) is 11.4 Å². The molecule has 0 radical (unpaired) electrons. The third-order valence-corrected chi connectivity index (χ3v) is 5.13. The van der Waals surface area contributed by atoms with Crippen LogP contribution in [-0.2, 0) is 11.3 Å². The van der Waals surface area contributed by atoms with Gasteiger partial charge >= 0.3 is 0 Å². The third-order valence-electron chi connectivity index (χ3n) is 4.20. The maximum Gasteiger partial charge on any atom is 0.233 e. The molecule has 2 aromatic carbocycles. The van der Waals surface area contributed by atoms with Gasteiger partial charge in [0.15, 0.2) is 5.82 Å². The number of aryl methyl sites for hydroxylation is 1. The van der Waals surface area contributed by atoms with E-state index < -0.39 is 5.82 Å². The van der Waals surface area contributed by atoms with Gasteiger partial charge < -0.3 is 10.7 Å². The number of nitrogens with zero attached hydrogens (tertiary/aromatic N) is 4. The van der Waals surface area contributed by atoms with Gasteiger partial charge in [-0.3, -0.25) is 4.79 Å². The Bertz CT molecular complexity index is 959. The molecule has 0 saturated carbocycles. The van der Waals surface area contributed by atoms with E-state index in [0.717, 1.165) is 11.1 Å². The Morgan fingerprint density at radius 2 is 1.89 bits per heavy atom. The fraction of sp³-hybridized carbons (Fsp3) is 0.211. The molecule has 0 saturated heterocycles. The van der Waals surface area contributed by atoms with E-state index in [1.54, 1.807) is 30.1 Å². The molecular weight excluding hydrogens is 365 g/mol. The lowest BCUT2D eigenvalue weighted by atomic mass is 10.1. The Kier molecular flexibility index (Phi) is 5.75. The molecule has 0 aliphatic rings. The first-order valence-electron chi connectivity index (χ1n) is 8.34. The van der Waals surface area contributed by atoms with Gasteiger partial charge in [-0.1, -0.05) is 48.2 Å². The van der Waals surface area contributed by atoms with Gasteiger partial charge in [0.1, 0.15) is 5.82 Å². The number of halogens is 1. The zero-order chi connectivity index (χ0) is 19.4. The van der Waals surface area contributed by atoms with Crippen molar-refractivity contribution >= 4 is 17.7 Å².